The van der Waals surface area contributed by atoms with Crippen LogP contribution in [0, 0.1) is 5.82 Å². The van der Waals surface area contributed by atoms with Crippen LogP contribution in [0.1, 0.15) is 56.8 Å². The first-order chi connectivity index (χ1) is 11.3. The van der Waals surface area contributed by atoms with Gasteiger partial charge in [0.05, 0.1) is 6.04 Å². The lowest BCUT2D eigenvalue weighted by Crippen LogP contribution is -2.27. The summed E-state index contributed by atoms with van der Waals surface area (Å²) in [5, 5.41) is 2.98. The van der Waals surface area contributed by atoms with Crippen molar-refractivity contribution in [3.8, 4) is 0 Å². The first-order valence-corrected chi connectivity index (χ1v) is 8.40. The number of rotatable bonds is 5. The lowest BCUT2D eigenvalue weighted by Gasteiger charge is -2.20. The number of halogens is 1. The van der Waals surface area contributed by atoms with Crippen molar-refractivity contribution in [1.82, 2.24) is 5.32 Å². The molecule has 1 atom stereocenters. The van der Waals surface area contributed by atoms with Crippen molar-refractivity contribution in [3.05, 3.63) is 71.0 Å². The molecule has 1 amide bonds. The van der Waals surface area contributed by atoms with Crippen molar-refractivity contribution in [2.45, 2.75) is 52.0 Å². The highest BCUT2D eigenvalue weighted by molar-refractivity contribution is 5.76. The van der Waals surface area contributed by atoms with E-state index in [0.29, 0.717) is 12.0 Å². The fourth-order valence-electron chi connectivity index (χ4n) is 2.62. The second-order valence-corrected chi connectivity index (χ2v) is 7.25. The Morgan fingerprint density at radius 2 is 1.71 bits per heavy atom. The van der Waals surface area contributed by atoms with Gasteiger partial charge in [0.15, 0.2) is 0 Å². The summed E-state index contributed by atoms with van der Waals surface area (Å²) in [5.41, 5.74) is 3.03. The minimum absolute atomic E-state index is 0.0628. The third kappa shape index (κ3) is 4.92. The van der Waals surface area contributed by atoms with Crippen LogP contribution >= 0.6 is 0 Å². The summed E-state index contributed by atoms with van der Waals surface area (Å²) in [5.74, 6) is -0.318. The molecule has 0 fully saturated rings. The van der Waals surface area contributed by atoms with Crippen LogP contribution in [0.4, 0.5) is 4.39 Å². The standard InChI is InChI=1S/C21H26FNO/c1-15(16-9-12-18(13-10-16)21(2,3)4)23-20(24)14-11-17-7-5-6-8-19(17)22/h5-10,12-13,15H,11,14H2,1-4H3,(H,23,24)/t15-/m1/s1. The summed E-state index contributed by atoms with van der Waals surface area (Å²) in [6, 6.07) is 14.9. The number of amides is 1. The summed E-state index contributed by atoms with van der Waals surface area (Å²) in [7, 11) is 0. The van der Waals surface area contributed by atoms with Gasteiger partial charge in [-0.1, -0.05) is 63.2 Å². The fourth-order valence-corrected chi connectivity index (χ4v) is 2.62. The Bertz CT molecular complexity index is 686. The normalized spacial score (nSPS) is 12.7. The van der Waals surface area contributed by atoms with Gasteiger partial charge in [0.2, 0.25) is 5.91 Å². The van der Waals surface area contributed by atoms with Crippen LogP contribution < -0.4 is 5.32 Å². The summed E-state index contributed by atoms with van der Waals surface area (Å²) in [4.78, 5) is 12.1. The third-order valence-electron chi connectivity index (χ3n) is 4.23. The van der Waals surface area contributed by atoms with Gasteiger partial charge in [0.25, 0.3) is 0 Å². The molecule has 0 unspecified atom stereocenters. The zero-order valence-corrected chi connectivity index (χ0v) is 14.9. The lowest BCUT2D eigenvalue weighted by molar-refractivity contribution is -0.121. The molecule has 0 aromatic heterocycles. The third-order valence-corrected chi connectivity index (χ3v) is 4.23. The molecule has 0 aliphatic rings. The first-order valence-electron chi connectivity index (χ1n) is 8.40. The number of carbonyl (C=O) groups is 1. The van der Waals surface area contributed by atoms with E-state index in [-0.39, 0.29) is 29.6 Å². The minimum atomic E-state index is -0.254. The molecule has 0 spiro atoms. The van der Waals surface area contributed by atoms with Gasteiger partial charge < -0.3 is 5.32 Å². The molecule has 128 valence electrons. The van der Waals surface area contributed by atoms with E-state index >= 15 is 0 Å². The molecule has 0 saturated carbocycles. The number of aryl methyl sites for hydroxylation is 1. The molecule has 0 radical (unpaired) electrons. The number of hydrogen-bond donors (Lipinski definition) is 1. The van der Waals surface area contributed by atoms with Crippen LogP contribution in [0.3, 0.4) is 0 Å². The monoisotopic (exact) mass is 327 g/mol. The average molecular weight is 327 g/mol. The molecule has 2 aromatic rings. The van der Waals surface area contributed by atoms with Gasteiger partial charge in [-0.25, -0.2) is 4.39 Å². The average Bonchev–Trinajstić information content (AvgIpc) is 2.53. The highest BCUT2D eigenvalue weighted by Crippen LogP contribution is 2.24. The van der Waals surface area contributed by atoms with Gasteiger partial charge in [-0.2, -0.15) is 0 Å². The van der Waals surface area contributed by atoms with Crippen LogP contribution in [0.2, 0.25) is 0 Å². The SMILES string of the molecule is C[C@@H](NC(=O)CCc1ccccc1F)c1ccc(C(C)(C)C)cc1. The maximum Gasteiger partial charge on any atom is 0.220 e. The zero-order valence-electron chi connectivity index (χ0n) is 14.9. The van der Waals surface area contributed by atoms with Crippen LogP contribution in [0.5, 0.6) is 0 Å². The number of hydrogen-bond acceptors (Lipinski definition) is 1. The molecule has 2 nitrogen and oxygen atoms in total. The van der Waals surface area contributed by atoms with E-state index in [9.17, 15) is 9.18 Å². The maximum absolute atomic E-state index is 13.6. The van der Waals surface area contributed by atoms with Gasteiger partial charge in [0, 0.05) is 6.42 Å². The quantitative estimate of drug-likeness (QED) is 0.828. The van der Waals surface area contributed by atoms with E-state index < -0.39 is 0 Å². The summed E-state index contributed by atoms with van der Waals surface area (Å²) in [6.45, 7) is 8.49. The van der Waals surface area contributed by atoms with Crippen molar-refractivity contribution in [2.24, 2.45) is 0 Å². The molecule has 0 aliphatic carbocycles. The van der Waals surface area contributed by atoms with Crippen LogP contribution in [0.25, 0.3) is 0 Å². The molecule has 0 aliphatic heterocycles. The molecule has 0 saturated heterocycles. The van der Waals surface area contributed by atoms with Gasteiger partial charge in [-0.15, -0.1) is 0 Å². The van der Waals surface area contributed by atoms with Crippen molar-refractivity contribution in [1.29, 1.82) is 0 Å². The van der Waals surface area contributed by atoms with Gasteiger partial charge in [-0.05, 0) is 41.5 Å². The zero-order chi connectivity index (χ0) is 17.7. The molecular weight excluding hydrogens is 301 g/mol. The Morgan fingerprint density at radius 1 is 1.08 bits per heavy atom. The van der Waals surface area contributed by atoms with Crippen LogP contribution in [0.15, 0.2) is 48.5 Å². The van der Waals surface area contributed by atoms with Gasteiger partial charge in [0.1, 0.15) is 5.82 Å². The molecule has 0 bridgehead atoms. The van der Waals surface area contributed by atoms with Gasteiger partial charge >= 0.3 is 0 Å². The van der Waals surface area contributed by atoms with Crippen LogP contribution in [-0.2, 0) is 16.6 Å². The highest BCUT2D eigenvalue weighted by Gasteiger charge is 2.15. The second-order valence-electron chi connectivity index (χ2n) is 7.25. The second kappa shape index (κ2) is 7.61. The summed E-state index contributed by atoms with van der Waals surface area (Å²) >= 11 is 0. The van der Waals surface area contributed by atoms with E-state index in [2.05, 4.69) is 50.4 Å². The number of nitrogens with one attached hydrogen (secondary N) is 1. The Morgan fingerprint density at radius 3 is 2.29 bits per heavy atom. The van der Waals surface area contributed by atoms with Crippen LogP contribution in [-0.4, -0.2) is 5.91 Å². The van der Waals surface area contributed by atoms with E-state index in [1.165, 1.54) is 11.6 Å². The highest BCUT2D eigenvalue weighted by atomic mass is 19.1. The minimum Gasteiger partial charge on any atom is -0.350 e. The molecule has 1 N–H and O–H groups in total. The summed E-state index contributed by atoms with van der Waals surface area (Å²) in [6.07, 6.45) is 0.694. The lowest BCUT2D eigenvalue weighted by atomic mass is 9.86. The maximum atomic E-state index is 13.6. The van der Waals surface area contributed by atoms with Gasteiger partial charge in [-0.3, -0.25) is 4.79 Å². The van der Waals surface area contributed by atoms with E-state index in [1.807, 2.05) is 6.92 Å². The Balaban J connectivity index is 1.90. The summed E-state index contributed by atoms with van der Waals surface area (Å²) < 4.78 is 13.6. The van der Waals surface area contributed by atoms with E-state index in [1.54, 1.807) is 18.2 Å². The largest absolute Gasteiger partial charge is 0.350 e. The predicted molar refractivity (Wildman–Crippen MR) is 96.4 cm³/mol. The fraction of sp³-hybridized carbons (Fsp3) is 0.381. The molecule has 0 heterocycles. The topological polar surface area (TPSA) is 29.1 Å². The molecular formula is C21H26FNO. The van der Waals surface area contributed by atoms with Crippen molar-refractivity contribution < 1.29 is 9.18 Å². The van der Waals surface area contributed by atoms with E-state index in [4.69, 9.17) is 0 Å². The Kier molecular flexibility index (Phi) is 5.76. The smallest absolute Gasteiger partial charge is 0.220 e. The number of benzene rings is 2. The number of carbonyl (C=O) groups excluding carboxylic acids is 1. The predicted octanol–water partition coefficient (Wildman–Crippen LogP) is 4.93. The Labute approximate surface area is 144 Å². The first kappa shape index (κ1) is 18.2. The van der Waals surface area contributed by atoms with Crippen molar-refractivity contribution in [2.75, 3.05) is 0 Å². The molecule has 2 aromatic carbocycles. The van der Waals surface area contributed by atoms with Crippen molar-refractivity contribution in [3.63, 3.8) is 0 Å². The Hall–Kier alpha value is -2.16. The molecule has 24 heavy (non-hydrogen) atoms. The van der Waals surface area contributed by atoms with Crippen molar-refractivity contribution >= 4 is 5.91 Å². The van der Waals surface area contributed by atoms with E-state index in [0.717, 1.165) is 5.56 Å². The molecule has 3 heteroatoms. The molecule has 2 rings (SSSR count).